The van der Waals surface area contributed by atoms with Gasteiger partial charge in [0, 0.05) is 12.0 Å². The Morgan fingerprint density at radius 2 is 2.12 bits per heavy atom. The van der Waals surface area contributed by atoms with Gasteiger partial charge in [-0.1, -0.05) is 32.6 Å². The van der Waals surface area contributed by atoms with E-state index in [0.717, 1.165) is 25.4 Å². The van der Waals surface area contributed by atoms with Crippen LogP contribution in [0.5, 0.6) is 0 Å². The molecule has 1 heterocycles. The molecule has 94 valence electrons. The van der Waals surface area contributed by atoms with Gasteiger partial charge in [-0.15, -0.1) is 11.6 Å². The Hall–Kier alpha value is 0.250. The molecule has 0 amide bonds. The minimum absolute atomic E-state index is 0.160. The predicted molar refractivity (Wildman–Crippen MR) is 69.0 cm³/mol. The van der Waals surface area contributed by atoms with Gasteiger partial charge in [0.2, 0.25) is 0 Å². The molecule has 0 aromatic carbocycles. The smallest absolute Gasteiger partial charge is 0.0696 e. The van der Waals surface area contributed by atoms with E-state index in [1.807, 2.05) is 0 Å². The summed E-state index contributed by atoms with van der Waals surface area (Å²) in [5.74, 6) is 0.948. The monoisotopic (exact) mass is 244 g/mol. The zero-order chi connectivity index (χ0) is 11.4. The second-order valence-corrected chi connectivity index (χ2v) is 6.32. The second kappa shape index (κ2) is 5.73. The molecule has 0 aromatic rings. The Labute approximate surface area is 105 Å². The van der Waals surface area contributed by atoms with E-state index >= 15 is 0 Å². The van der Waals surface area contributed by atoms with Gasteiger partial charge in [-0.3, -0.25) is 0 Å². The van der Waals surface area contributed by atoms with E-state index in [-0.39, 0.29) is 5.60 Å². The lowest BCUT2D eigenvalue weighted by molar-refractivity contribution is -0.0862. The Balaban J connectivity index is 1.91. The van der Waals surface area contributed by atoms with Crippen LogP contribution in [0.4, 0.5) is 0 Å². The van der Waals surface area contributed by atoms with Gasteiger partial charge < -0.3 is 4.74 Å². The van der Waals surface area contributed by atoms with E-state index in [4.69, 9.17) is 16.3 Å². The molecule has 16 heavy (non-hydrogen) atoms. The van der Waals surface area contributed by atoms with Crippen LogP contribution in [0.15, 0.2) is 0 Å². The summed E-state index contributed by atoms with van der Waals surface area (Å²) in [5.41, 5.74) is 0.160. The van der Waals surface area contributed by atoms with Crippen molar-refractivity contribution in [1.29, 1.82) is 0 Å². The van der Waals surface area contributed by atoms with E-state index in [9.17, 15) is 0 Å². The third-order valence-electron chi connectivity index (χ3n) is 4.38. The van der Waals surface area contributed by atoms with E-state index in [1.165, 1.54) is 44.9 Å². The minimum atomic E-state index is 0.160. The molecule has 1 spiro atoms. The number of ether oxygens (including phenoxy) is 1. The highest BCUT2D eigenvalue weighted by Crippen LogP contribution is 2.41. The molecule has 1 nitrogen and oxygen atoms in total. The summed E-state index contributed by atoms with van der Waals surface area (Å²) >= 11 is 6.31. The molecular weight excluding hydrogens is 220 g/mol. The van der Waals surface area contributed by atoms with Crippen molar-refractivity contribution in [3.05, 3.63) is 0 Å². The highest BCUT2D eigenvalue weighted by molar-refractivity contribution is 6.20. The average molecular weight is 245 g/mol. The van der Waals surface area contributed by atoms with Crippen LogP contribution in [0.2, 0.25) is 0 Å². The number of hydrogen-bond acceptors (Lipinski definition) is 1. The fourth-order valence-electron chi connectivity index (χ4n) is 3.46. The lowest BCUT2D eigenvalue weighted by Gasteiger charge is -2.39. The van der Waals surface area contributed by atoms with Crippen molar-refractivity contribution in [2.75, 3.05) is 6.61 Å². The predicted octanol–water partition coefficient (Wildman–Crippen LogP) is 4.52. The first kappa shape index (κ1) is 12.7. The quantitative estimate of drug-likeness (QED) is 0.649. The van der Waals surface area contributed by atoms with E-state index in [0.29, 0.717) is 5.38 Å². The fraction of sp³-hybridized carbons (Fsp3) is 1.00. The van der Waals surface area contributed by atoms with Crippen molar-refractivity contribution in [2.45, 2.75) is 75.7 Å². The van der Waals surface area contributed by atoms with E-state index in [1.54, 1.807) is 0 Å². The van der Waals surface area contributed by atoms with Crippen molar-refractivity contribution < 1.29 is 4.74 Å². The lowest BCUT2D eigenvalue weighted by Crippen LogP contribution is -2.40. The van der Waals surface area contributed by atoms with Gasteiger partial charge in [0.05, 0.1) is 5.60 Å². The molecule has 0 N–H and O–H groups in total. The lowest BCUT2D eigenvalue weighted by atomic mass is 9.86. The Morgan fingerprint density at radius 1 is 1.25 bits per heavy atom. The zero-order valence-corrected chi connectivity index (χ0v) is 11.3. The SMILES string of the molecule is CCCC1CCCC2(CC1)CC(Cl)CCO2. The summed E-state index contributed by atoms with van der Waals surface area (Å²) in [5, 5.41) is 0.358. The minimum Gasteiger partial charge on any atom is -0.375 e. The molecule has 2 aliphatic rings. The molecule has 0 bridgehead atoms. The van der Waals surface area contributed by atoms with Gasteiger partial charge in [-0.05, 0) is 38.0 Å². The molecule has 0 radical (unpaired) electrons. The zero-order valence-electron chi connectivity index (χ0n) is 10.5. The first-order chi connectivity index (χ1) is 7.74. The van der Waals surface area contributed by atoms with Crippen LogP contribution in [0.25, 0.3) is 0 Å². The van der Waals surface area contributed by atoms with Gasteiger partial charge in [0.15, 0.2) is 0 Å². The maximum absolute atomic E-state index is 6.31. The van der Waals surface area contributed by atoms with Crippen LogP contribution < -0.4 is 0 Å². The molecular formula is C14H25ClO. The van der Waals surface area contributed by atoms with Crippen molar-refractivity contribution in [2.24, 2.45) is 5.92 Å². The summed E-state index contributed by atoms with van der Waals surface area (Å²) < 4.78 is 6.10. The summed E-state index contributed by atoms with van der Waals surface area (Å²) in [7, 11) is 0. The standard InChI is InChI=1S/C14H25ClO/c1-2-4-12-5-3-8-14(9-6-12)11-13(15)7-10-16-14/h12-13H,2-11H2,1H3. The first-order valence-electron chi connectivity index (χ1n) is 7.02. The van der Waals surface area contributed by atoms with Gasteiger partial charge in [-0.2, -0.15) is 0 Å². The fourth-order valence-corrected chi connectivity index (χ4v) is 3.83. The van der Waals surface area contributed by atoms with Crippen LogP contribution in [-0.2, 0) is 4.74 Å². The van der Waals surface area contributed by atoms with E-state index < -0.39 is 0 Å². The van der Waals surface area contributed by atoms with Crippen molar-refractivity contribution >= 4 is 11.6 Å². The highest BCUT2D eigenvalue weighted by atomic mass is 35.5. The maximum atomic E-state index is 6.31. The van der Waals surface area contributed by atoms with Gasteiger partial charge in [-0.25, -0.2) is 0 Å². The Bertz CT molecular complexity index is 219. The van der Waals surface area contributed by atoms with Crippen LogP contribution in [0, 0.1) is 5.92 Å². The van der Waals surface area contributed by atoms with Gasteiger partial charge >= 0.3 is 0 Å². The topological polar surface area (TPSA) is 9.23 Å². The normalized spacial score (nSPS) is 40.9. The third-order valence-corrected chi connectivity index (χ3v) is 4.76. The molecule has 1 saturated carbocycles. The summed E-state index contributed by atoms with van der Waals surface area (Å²) in [6, 6.07) is 0. The van der Waals surface area contributed by atoms with Crippen molar-refractivity contribution in [3.63, 3.8) is 0 Å². The highest BCUT2D eigenvalue weighted by Gasteiger charge is 2.38. The van der Waals surface area contributed by atoms with Crippen LogP contribution in [0.1, 0.15) is 64.7 Å². The van der Waals surface area contributed by atoms with Gasteiger partial charge in [0.1, 0.15) is 0 Å². The first-order valence-corrected chi connectivity index (χ1v) is 7.46. The molecule has 1 aliphatic heterocycles. The number of hydrogen-bond donors (Lipinski definition) is 0. The molecule has 2 fully saturated rings. The van der Waals surface area contributed by atoms with Crippen LogP contribution >= 0.6 is 11.6 Å². The van der Waals surface area contributed by atoms with Crippen molar-refractivity contribution in [1.82, 2.24) is 0 Å². The Kier molecular flexibility index (Phi) is 4.55. The molecule has 1 aliphatic carbocycles. The maximum Gasteiger partial charge on any atom is 0.0696 e. The summed E-state index contributed by atoms with van der Waals surface area (Å²) in [6.45, 7) is 3.18. The van der Waals surface area contributed by atoms with Crippen molar-refractivity contribution in [3.8, 4) is 0 Å². The largest absolute Gasteiger partial charge is 0.375 e. The molecule has 3 atom stereocenters. The van der Waals surface area contributed by atoms with Crippen LogP contribution in [-0.4, -0.2) is 17.6 Å². The average Bonchev–Trinajstić information content (AvgIpc) is 2.43. The summed E-state index contributed by atoms with van der Waals surface area (Å²) in [4.78, 5) is 0. The number of rotatable bonds is 2. The second-order valence-electron chi connectivity index (χ2n) is 5.71. The van der Waals surface area contributed by atoms with E-state index in [2.05, 4.69) is 6.92 Å². The summed E-state index contributed by atoms with van der Waals surface area (Å²) in [6.07, 6.45) is 11.5. The molecule has 0 aromatic heterocycles. The molecule has 2 rings (SSSR count). The van der Waals surface area contributed by atoms with Gasteiger partial charge in [0.25, 0.3) is 0 Å². The number of alkyl halides is 1. The molecule has 1 saturated heterocycles. The molecule has 3 unspecified atom stereocenters. The third kappa shape index (κ3) is 3.13. The number of halogens is 1. The molecule has 2 heteroatoms. The Morgan fingerprint density at radius 3 is 2.88 bits per heavy atom. The van der Waals surface area contributed by atoms with Crippen LogP contribution in [0.3, 0.4) is 0 Å².